The number of hydrogen-bond acceptors (Lipinski definition) is 2. The van der Waals surface area contributed by atoms with E-state index in [1.807, 2.05) is 4.90 Å². The monoisotopic (exact) mass is 198 g/mol. The molecule has 82 valence electrons. The van der Waals surface area contributed by atoms with E-state index in [0.717, 1.165) is 6.54 Å². The van der Waals surface area contributed by atoms with E-state index in [1.54, 1.807) is 0 Å². The van der Waals surface area contributed by atoms with Crippen LogP contribution in [-0.4, -0.2) is 35.0 Å². The summed E-state index contributed by atoms with van der Waals surface area (Å²) in [7, 11) is 0. The summed E-state index contributed by atoms with van der Waals surface area (Å²) >= 11 is 0. The van der Waals surface area contributed by atoms with Crippen molar-refractivity contribution in [2.24, 2.45) is 0 Å². The summed E-state index contributed by atoms with van der Waals surface area (Å²) in [6.07, 6.45) is 0.648. The number of rotatable bonds is 2. The van der Waals surface area contributed by atoms with E-state index in [9.17, 15) is 4.79 Å². The fraction of sp³-hybridized carbons (Fsp3) is 0.909. The van der Waals surface area contributed by atoms with Gasteiger partial charge in [0.1, 0.15) is 0 Å². The molecular weight excluding hydrogens is 176 g/mol. The molecule has 14 heavy (non-hydrogen) atoms. The molecule has 0 saturated carbocycles. The van der Waals surface area contributed by atoms with Gasteiger partial charge in [-0.3, -0.25) is 4.79 Å². The van der Waals surface area contributed by atoms with E-state index < -0.39 is 0 Å². The minimum atomic E-state index is -0.0372. The molecule has 1 N–H and O–H groups in total. The van der Waals surface area contributed by atoms with Crippen LogP contribution in [0.5, 0.6) is 0 Å². The smallest absolute Gasteiger partial charge is 0.224 e. The van der Waals surface area contributed by atoms with E-state index in [-0.39, 0.29) is 11.4 Å². The zero-order chi connectivity index (χ0) is 10.9. The van der Waals surface area contributed by atoms with Gasteiger partial charge < -0.3 is 10.2 Å². The van der Waals surface area contributed by atoms with Crippen LogP contribution in [0.4, 0.5) is 0 Å². The Kier molecular flexibility index (Phi) is 3.20. The molecule has 1 aliphatic rings. The second-order valence-electron chi connectivity index (χ2n) is 5.40. The van der Waals surface area contributed by atoms with Gasteiger partial charge in [0, 0.05) is 30.6 Å². The van der Waals surface area contributed by atoms with Crippen LogP contribution in [0.25, 0.3) is 0 Å². The van der Waals surface area contributed by atoms with Gasteiger partial charge in [-0.2, -0.15) is 0 Å². The minimum Gasteiger partial charge on any atom is -0.336 e. The molecule has 1 saturated heterocycles. The third kappa shape index (κ3) is 2.71. The zero-order valence-electron chi connectivity index (χ0n) is 9.92. The van der Waals surface area contributed by atoms with Gasteiger partial charge in [0.05, 0.1) is 0 Å². The largest absolute Gasteiger partial charge is 0.336 e. The molecule has 0 aliphatic carbocycles. The lowest BCUT2D eigenvalue weighted by Crippen LogP contribution is -2.44. The number of hydrogen-bond donors (Lipinski definition) is 1. The Morgan fingerprint density at radius 3 is 2.36 bits per heavy atom. The normalized spacial score (nSPS) is 23.7. The van der Waals surface area contributed by atoms with Crippen LogP contribution < -0.4 is 5.32 Å². The maximum absolute atomic E-state index is 11.7. The fourth-order valence-electron chi connectivity index (χ4n) is 1.94. The highest BCUT2D eigenvalue weighted by Crippen LogP contribution is 2.21. The van der Waals surface area contributed by atoms with Gasteiger partial charge in [-0.1, -0.05) is 13.8 Å². The molecule has 0 aromatic carbocycles. The van der Waals surface area contributed by atoms with Crippen molar-refractivity contribution in [3.63, 3.8) is 0 Å². The standard InChI is InChI=1S/C11H22N2O/c1-8(2)12-9-6-10(14)13(7-9)11(3,4)5/h8-9,12H,6-7H2,1-5H3. The lowest BCUT2D eigenvalue weighted by Gasteiger charge is -2.32. The van der Waals surface area contributed by atoms with Crippen molar-refractivity contribution in [3.8, 4) is 0 Å². The van der Waals surface area contributed by atoms with E-state index in [2.05, 4.69) is 39.9 Å². The van der Waals surface area contributed by atoms with Gasteiger partial charge in [0.25, 0.3) is 0 Å². The van der Waals surface area contributed by atoms with Crippen LogP contribution >= 0.6 is 0 Å². The van der Waals surface area contributed by atoms with Gasteiger partial charge in [-0.05, 0) is 20.8 Å². The van der Waals surface area contributed by atoms with Gasteiger partial charge in [0.2, 0.25) is 5.91 Å². The van der Waals surface area contributed by atoms with Crippen molar-refractivity contribution in [1.82, 2.24) is 10.2 Å². The first kappa shape index (κ1) is 11.5. The summed E-state index contributed by atoms with van der Waals surface area (Å²) in [6.45, 7) is 11.3. The highest BCUT2D eigenvalue weighted by Gasteiger charge is 2.35. The third-order valence-electron chi connectivity index (χ3n) is 2.50. The molecule has 1 fully saturated rings. The zero-order valence-corrected chi connectivity index (χ0v) is 9.92. The van der Waals surface area contributed by atoms with Crippen molar-refractivity contribution in [1.29, 1.82) is 0 Å². The lowest BCUT2D eigenvalue weighted by atomic mass is 10.1. The first-order chi connectivity index (χ1) is 6.30. The topological polar surface area (TPSA) is 32.3 Å². The van der Waals surface area contributed by atoms with Crippen LogP contribution in [0.2, 0.25) is 0 Å². The average Bonchev–Trinajstić information content (AvgIpc) is 2.27. The highest BCUT2D eigenvalue weighted by atomic mass is 16.2. The van der Waals surface area contributed by atoms with Crippen molar-refractivity contribution >= 4 is 5.91 Å². The Bertz CT molecular complexity index is 218. The second kappa shape index (κ2) is 3.89. The predicted octanol–water partition coefficient (Wildman–Crippen LogP) is 1.38. The average molecular weight is 198 g/mol. The number of nitrogens with zero attached hydrogens (tertiary/aromatic N) is 1. The molecule has 0 aromatic heterocycles. The van der Waals surface area contributed by atoms with E-state index in [1.165, 1.54) is 0 Å². The molecule has 0 radical (unpaired) electrons. The maximum atomic E-state index is 11.7. The molecule has 1 rings (SSSR count). The molecule has 3 heteroatoms. The highest BCUT2D eigenvalue weighted by molar-refractivity contribution is 5.80. The summed E-state index contributed by atoms with van der Waals surface area (Å²) in [6, 6.07) is 0.787. The summed E-state index contributed by atoms with van der Waals surface area (Å²) in [5.74, 6) is 0.274. The van der Waals surface area contributed by atoms with Crippen LogP contribution in [0.1, 0.15) is 41.0 Å². The molecule has 0 bridgehead atoms. The third-order valence-corrected chi connectivity index (χ3v) is 2.50. The van der Waals surface area contributed by atoms with Gasteiger partial charge in [0.15, 0.2) is 0 Å². The van der Waals surface area contributed by atoms with Crippen molar-refractivity contribution in [2.45, 2.75) is 58.7 Å². The fourth-order valence-corrected chi connectivity index (χ4v) is 1.94. The number of carbonyl (C=O) groups excluding carboxylic acids is 1. The van der Waals surface area contributed by atoms with E-state index in [0.29, 0.717) is 18.5 Å². The number of carbonyl (C=O) groups is 1. The summed E-state index contributed by atoms with van der Waals surface area (Å²) in [4.78, 5) is 13.7. The predicted molar refractivity (Wildman–Crippen MR) is 58.1 cm³/mol. The van der Waals surface area contributed by atoms with E-state index in [4.69, 9.17) is 0 Å². The number of amides is 1. The maximum Gasteiger partial charge on any atom is 0.224 e. The Morgan fingerprint density at radius 1 is 1.43 bits per heavy atom. The van der Waals surface area contributed by atoms with Gasteiger partial charge in [-0.25, -0.2) is 0 Å². The van der Waals surface area contributed by atoms with Gasteiger partial charge >= 0.3 is 0 Å². The van der Waals surface area contributed by atoms with Crippen LogP contribution in [0.15, 0.2) is 0 Å². The molecular formula is C11H22N2O. The number of nitrogens with one attached hydrogen (secondary N) is 1. The molecule has 1 heterocycles. The second-order valence-corrected chi connectivity index (χ2v) is 5.40. The Balaban J connectivity index is 2.56. The molecule has 0 aromatic rings. The summed E-state index contributed by atoms with van der Waals surface area (Å²) in [5.41, 5.74) is -0.0372. The first-order valence-corrected chi connectivity index (χ1v) is 5.37. The SMILES string of the molecule is CC(C)NC1CC(=O)N(C(C)(C)C)C1. The van der Waals surface area contributed by atoms with Gasteiger partial charge in [-0.15, -0.1) is 0 Å². The molecule has 1 amide bonds. The quantitative estimate of drug-likeness (QED) is 0.727. The van der Waals surface area contributed by atoms with Crippen molar-refractivity contribution in [3.05, 3.63) is 0 Å². The molecule has 1 aliphatic heterocycles. The minimum absolute atomic E-state index is 0.0372. The molecule has 3 nitrogen and oxygen atoms in total. The first-order valence-electron chi connectivity index (χ1n) is 5.37. The van der Waals surface area contributed by atoms with E-state index >= 15 is 0 Å². The van der Waals surface area contributed by atoms with Crippen molar-refractivity contribution in [2.75, 3.05) is 6.54 Å². The summed E-state index contributed by atoms with van der Waals surface area (Å²) in [5, 5.41) is 3.41. The lowest BCUT2D eigenvalue weighted by molar-refractivity contribution is -0.131. The Hall–Kier alpha value is -0.570. The van der Waals surface area contributed by atoms with Crippen molar-refractivity contribution < 1.29 is 4.79 Å². The Morgan fingerprint density at radius 2 is 2.00 bits per heavy atom. The molecule has 0 spiro atoms. The van der Waals surface area contributed by atoms with Crippen LogP contribution in [0.3, 0.4) is 0 Å². The molecule has 1 atom stereocenters. The van der Waals surface area contributed by atoms with Crippen LogP contribution in [0, 0.1) is 0 Å². The number of likely N-dealkylation sites (tertiary alicyclic amines) is 1. The summed E-state index contributed by atoms with van der Waals surface area (Å²) < 4.78 is 0. The van der Waals surface area contributed by atoms with Crippen LogP contribution in [-0.2, 0) is 4.79 Å². The Labute approximate surface area is 86.9 Å². The molecule has 1 unspecified atom stereocenters.